The molecule has 0 aliphatic carbocycles. The van der Waals surface area contributed by atoms with Crippen LogP contribution in [0.25, 0.3) is 10.8 Å². The smallest absolute Gasteiger partial charge is 0.327 e. The maximum Gasteiger partial charge on any atom is 0.327 e. The van der Waals surface area contributed by atoms with Crippen molar-refractivity contribution in [2.24, 2.45) is 5.73 Å². The minimum Gasteiger partial charge on any atom is -0.478 e. The molecule has 0 saturated carbocycles. The van der Waals surface area contributed by atoms with E-state index in [0.29, 0.717) is 19.3 Å². The number of hydrogen-bond donors (Lipinski definition) is 5. The second-order valence-electron chi connectivity index (χ2n) is 11.4. The molecule has 0 aliphatic rings. The van der Waals surface area contributed by atoms with E-state index in [1.807, 2.05) is 62.4 Å². The Morgan fingerprint density at radius 1 is 0.953 bits per heavy atom. The van der Waals surface area contributed by atoms with Gasteiger partial charge in [0.15, 0.2) is 0 Å². The summed E-state index contributed by atoms with van der Waals surface area (Å²) in [6, 6.07) is 22.8. The Morgan fingerprint density at radius 2 is 1.58 bits per heavy atom. The summed E-state index contributed by atoms with van der Waals surface area (Å²) in [6.45, 7) is 5.44. The zero-order chi connectivity index (χ0) is 32.0. The van der Waals surface area contributed by atoms with Gasteiger partial charge in [-0.15, -0.1) is 0 Å². The van der Waals surface area contributed by atoms with Crippen LogP contribution in [0.1, 0.15) is 38.3 Å². The van der Waals surface area contributed by atoms with Crippen molar-refractivity contribution in [1.29, 1.82) is 0 Å². The van der Waals surface area contributed by atoms with Crippen molar-refractivity contribution in [2.75, 3.05) is 20.6 Å². The Labute approximate surface area is 254 Å². The number of carboxylic acid groups (broad SMARTS) is 1. The summed E-state index contributed by atoms with van der Waals surface area (Å²) in [6.07, 6.45) is 3.49. The minimum atomic E-state index is -0.927. The summed E-state index contributed by atoms with van der Waals surface area (Å²) in [5.74, 6) is -1.36. The van der Waals surface area contributed by atoms with Crippen molar-refractivity contribution < 1.29 is 24.6 Å². The molecule has 3 rings (SSSR count). The van der Waals surface area contributed by atoms with E-state index in [2.05, 4.69) is 34.9 Å². The highest BCUT2D eigenvalue weighted by atomic mass is 16.4. The maximum absolute atomic E-state index is 13.5. The lowest BCUT2D eigenvalue weighted by Crippen LogP contribution is -2.54. The van der Waals surface area contributed by atoms with Crippen LogP contribution in [-0.4, -0.2) is 77.3 Å². The number of rotatable bonds is 13. The molecule has 0 aromatic heterocycles. The number of carbonyl (C=O) groups excluding carboxylic acids is 2. The van der Waals surface area contributed by atoms with Crippen molar-refractivity contribution in [3.8, 4) is 0 Å². The van der Waals surface area contributed by atoms with Gasteiger partial charge >= 0.3 is 5.97 Å². The van der Waals surface area contributed by atoms with Gasteiger partial charge in [0.25, 0.3) is 0 Å². The largest absolute Gasteiger partial charge is 0.478 e. The number of amides is 2. The number of aliphatic carboxylic acids is 1. The molecule has 3 atom stereocenters. The van der Waals surface area contributed by atoms with E-state index in [1.165, 1.54) is 4.90 Å². The van der Waals surface area contributed by atoms with Crippen LogP contribution in [0.3, 0.4) is 0 Å². The number of likely N-dealkylation sites (N-methyl/N-ethyl adjacent to an activating group) is 2. The van der Waals surface area contributed by atoms with Crippen LogP contribution in [0, 0.1) is 0 Å². The van der Waals surface area contributed by atoms with Crippen LogP contribution >= 0.6 is 0 Å². The zero-order valence-corrected chi connectivity index (χ0v) is 25.8. The first-order valence-corrected chi connectivity index (χ1v) is 14.4. The Hall–Kier alpha value is -4.05. The Balaban J connectivity index is 0.000000553. The summed E-state index contributed by atoms with van der Waals surface area (Å²) in [7, 11) is 3.43. The molecule has 9 heteroatoms. The van der Waals surface area contributed by atoms with Crippen LogP contribution in [0.4, 0.5) is 0 Å². The summed E-state index contributed by atoms with van der Waals surface area (Å²) < 4.78 is 0. The second kappa shape index (κ2) is 17.2. The van der Waals surface area contributed by atoms with Gasteiger partial charge in [-0.2, -0.15) is 0 Å². The standard InChI is InChI=1S/C27H33N3O3.C7H13NO2/c1-19(31)18-29-26(32)25(17-20-9-5-4-6-10-20)30(3)27(33)24(28-2)16-21-13-14-22-11-7-8-12-23(22)15-21;1-7(2,8)5-3-4-6(9)10/h4-15,19,24-25,28,31H,16-18H2,1-3H3,(H,29,32);3-4H,5,8H2,1-2H3,(H,9,10)/t19-,24-,25-;/m1./s1. The topological polar surface area (TPSA) is 145 Å². The van der Waals surface area contributed by atoms with E-state index >= 15 is 0 Å². The van der Waals surface area contributed by atoms with Crippen molar-refractivity contribution in [3.63, 3.8) is 0 Å². The lowest BCUT2D eigenvalue weighted by molar-refractivity contribution is -0.140. The quantitative estimate of drug-likeness (QED) is 0.192. The van der Waals surface area contributed by atoms with Gasteiger partial charge in [0.05, 0.1) is 12.1 Å². The molecule has 0 aliphatic heterocycles. The molecule has 2 amide bonds. The molecule has 0 bridgehead atoms. The normalized spacial score (nSPS) is 13.5. The summed E-state index contributed by atoms with van der Waals surface area (Å²) in [5, 5.41) is 25.9. The molecule has 0 radical (unpaired) electrons. The van der Waals surface area contributed by atoms with Crippen molar-refractivity contribution in [3.05, 3.63) is 96.1 Å². The molecule has 232 valence electrons. The first-order valence-electron chi connectivity index (χ1n) is 14.4. The average molecular weight is 591 g/mol. The highest BCUT2D eigenvalue weighted by Gasteiger charge is 2.31. The highest BCUT2D eigenvalue weighted by molar-refractivity contribution is 5.90. The summed E-state index contributed by atoms with van der Waals surface area (Å²) in [5.41, 5.74) is 7.28. The van der Waals surface area contributed by atoms with Crippen molar-refractivity contribution >= 4 is 28.6 Å². The van der Waals surface area contributed by atoms with Crippen LogP contribution in [0.2, 0.25) is 0 Å². The number of benzene rings is 3. The molecule has 0 heterocycles. The first-order chi connectivity index (χ1) is 20.3. The monoisotopic (exact) mass is 590 g/mol. The molecule has 0 spiro atoms. The van der Waals surface area contributed by atoms with Gasteiger partial charge in [0.2, 0.25) is 11.8 Å². The molecular weight excluding hydrogens is 544 g/mol. The zero-order valence-electron chi connectivity index (χ0n) is 25.8. The van der Waals surface area contributed by atoms with Crippen LogP contribution in [0.15, 0.2) is 84.9 Å². The fraction of sp³-hybridized carbons (Fsp3) is 0.382. The van der Waals surface area contributed by atoms with Gasteiger partial charge in [-0.05, 0) is 62.6 Å². The Kier molecular flexibility index (Phi) is 14.0. The van der Waals surface area contributed by atoms with E-state index in [9.17, 15) is 19.5 Å². The van der Waals surface area contributed by atoms with Gasteiger partial charge in [-0.1, -0.05) is 78.9 Å². The average Bonchev–Trinajstić information content (AvgIpc) is 2.96. The Bertz CT molecular complexity index is 1350. The number of aliphatic hydroxyl groups is 1. The number of fused-ring (bicyclic) bond motifs is 1. The highest BCUT2D eigenvalue weighted by Crippen LogP contribution is 2.18. The van der Waals surface area contributed by atoms with Crippen molar-refractivity contribution in [1.82, 2.24) is 15.5 Å². The summed E-state index contributed by atoms with van der Waals surface area (Å²) in [4.78, 5) is 37.9. The van der Waals surface area contributed by atoms with Gasteiger partial charge in [0, 0.05) is 31.6 Å². The predicted molar refractivity (Wildman–Crippen MR) is 172 cm³/mol. The van der Waals surface area contributed by atoms with Gasteiger partial charge < -0.3 is 31.5 Å². The minimum absolute atomic E-state index is 0.138. The number of nitrogens with zero attached hydrogens (tertiary/aromatic N) is 1. The van der Waals surface area contributed by atoms with Crippen LogP contribution < -0.4 is 16.4 Å². The van der Waals surface area contributed by atoms with Gasteiger partial charge in [-0.3, -0.25) is 9.59 Å². The fourth-order valence-corrected chi connectivity index (χ4v) is 4.39. The van der Waals surface area contributed by atoms with E-state index in [1.54, 1.807) is 27.1 Å². The molecule has 0 saturated heterocycles. The fourth-order valence-electron chi connectivity index (χ4n) is 4.39. The number of aliphatic hydroxyl groups excluding tert-OH is 1. The Morgan fingerprint density at radius 3 is 2.16 bits per heavy atom. The number of nitrogens with two attached hydrogens (primary N) is 1. The van der Waals surface area contributed by atoms with Crippen molar-refractivity contribution in [2.45, 2.75) is 63.8 Å². The number of carboxylic acids is 1. The number of carbonyl (C=O) groups is 3. The van der Waals surface area contributed by atoms with Gasteiger partial charge in [0.1, 0.15) is 6.04 Å². The third kappa shape index (κ3) is 12.8. The maximum atomic E-state index is 13.5. The first kappa shape index (κ1) is 35.1. The van der Waals surface area contributed by atoms with Gasteiger partial charge in [-0.25, -0.2) is 4.79 Å². The SMILES string of the molecule is CC(C)(N)CC=CC(=O)O.CN[C@H](Cc1ccc2ccccc2c1)C(=O)N(C)[C@H](Cc1ccccc1)C(=O)NC[C@@H](C)O. The predicted octanol–water partition coefficient (Wildman–Crippen LogP) is 3.29. The van der Waals surface area contributed by atoms with Crippen LogP contribution in [-0.2, 0) is 27.2 Å². The number of hydrogen-bond acceptors (Lipinski definition) is 6. The van der Waals surface area contributed by atoms with E-state index in [-0.39, 0.29) is 23.9 Å². The lowest BCUT2D eigenvalue weighted by atomic mass is 9.99. The molecule has 6 N–H and O–H groups in total. The molecule has 3 aromatic rings. The van der Waals surface area contributed by atoms with E-state index < -0.39 is 24.2 Å². The van der Waals surface area contributed by atoms with E-state index in [0.717, 1.165) is 28.0 Å². The van der Waals surface area contributed by atoms with E-state index in [4.69, 9.17) is 10.8 Å². The molecule has 9 nitrogen and oxygen atoms in total. The second-order valence-corrected chi connectivity index (χ2v) is 11.4. The molecular formula is C34H46N4O5. The number of nitrogens with one attached hydrogen (secondary N) is 2. The third-order valence-electron chi connectivity index (χ3n) is 6.77. The molecule has 43 heavy (non-hydrogen) atoms. The molecule has 3 aromatic carbocycles. The lowest BCUT2D eigenvalue weighted by Gasteiger charge is -2.31. The molecule has 0 fully saturated rings. The molecule has 0 unspecified atom stereocenters. The van der Waals surface area contributed by atoms with Crippen LogP contribution in [0.5, 0.6) is 0 Å². The summed E-state index contributed by atoms with van der Waals surface area (Å²) >= 11 is 0. The third-order valence-corrected chi connectivity index (χ3v) is 6.77.